The van der Waals surface area contributed by atoms with Crippen LogP contribution in [0, 0.1) is 0 Å². The lowest BCUT2D eigenvalue weighted by Gasteiger charge is -2.24. The van der Waals surface area contributed by atoms with Crippen LogP contribution in [-0.2, 0) is 5.54 Å². The summed E-state index contributed by atoms with van der Waals surface area (Å²) in [6.45, 7) is 1.84. The van der Waals surface area contributed by atoms with Crippen LogP contribution in [-0.4, -0.2) is 16.8 Å². The fourth-order valence-corrected chi connectivity index (χ4v) is 1.29. The second-order valence-electron chi connectivity index (χ2n) is 3.66. The van der Waals surface area contributed by atoms with Crippen LogP contribution in [0.4, 0.5) is 5.69 Å². The number of phenolic OH excluding ortho intramolecular Hbond substituents is 1. The second kappa shape index (κ2) is 3.86. The molecule has 0 fully saturated rings. The number of rotatable bonds is 3. The van der Waals surface area contributed by atoms with Crippen molar-refractivity contribution in [2.75, 3.05) is 12.3 Å². The number of anilines is 1. The number of nitrogen functional groups attached to an aromatic ring is 1. The summed E-state index contributed by atoms with van der Waals surface area (Å²) in [5.74, 6) is 0.0496. The normalized spacial score (nSPS) is 15.1. The molecule has 0 aromatic heterocycles. The van der Waals surface area contributed by atoms with Gasteiger partial charge < -0.3 is 21.7 Å². The molecule has 0 saturated heterocycles. The number of phenols is 1. The van der Waals surface area contributed by atoms with Gasteiger partial charge in [0.05, 0.1) is 5.69 Å². The minimum Gasteiger partial charge on any atom is -0.506 e. The monoisotopic (exact) mass is 196 g/mol. The van der Waals surface area contributed by atoms with E-state index in [-0.39, 0.29) is 12.4 Å². The van der Waals surface area contributed by atoms with Gasteiger partial charge in [0.25, 0.3) is 0 Å². The number of benzene rings is 1. The first kappa shape index (κ1) is 10.8. The van der Waals surface area contributed by atoms with Crippen LogP contribution in [0.15, 0.2) is 18.2 Å². The van der Waals surface area contributed by atoms with Gasteiger partial charge in [-0.1, -0.05) is 6.07 Å². The molecule has 0 aliphatic heterocycles. The molecule has 1 aromatic carbocycles. The van der Waals surface area contributed by atoms with Crippen molar-refractivity contribution in [2.24, 2.45) is 5.73 Å². The Balaban J connectivity index is 3.01. The van der Waals surface area contributed by atoms with Crippen molar-refractivity contribution in [1.29, 1.82) is 0 Å². The van der Waals surface area contributed by atoms with E-state index < -0.39 is 5.54 Å². The maximum Gasteiger partial charge on any atom is 0.138 e. The van der Waals surface area contributed by atoms with Crippen LogP contribution in [0.3, 0.4) is 0 Å². The summed E-state index contributed by atoms with van der Waals surface area (Å²) in [4.78, 5) is 0. The van der Waals surface area contributed by atoms with Gasteiger partial charge in [-0.3, -0.25) is 0 Å². The van der Waals surface area contributed by atoms with Gasteiger partial charge in [0.2, 0.25) is 0 Å². The third-order valence-corrected chi connectivity index (χ3v) is 2.32. The van der Waals surface area contributed by atoms with Gasteiger partial charge in [-0.25, -0.2) is 0 Å². The standard InChI is InChI=1S/C10H16N2O2/c1-10(12,4-5-13)7-2-3-9(14)8(11)6-7/h2-3,6,13-14H,4-5,11-12H2,1H3. The summed E-state index contributed by atoms with van der Waals surface area (Å²) in [6.07, 6.45) is 0.456. The van der Waals surface area contributed by atoms with Crippen molar-refractivity contribution < 1.29 is 10.2 Å². The van der Waals surface area contributed by atoms with Crippen LogP contribution in [0.25, 0.3) is 0 Å². The predicted octanol–water partition coefficient (Wildman–Crippen LogP) is 0.531. The van der Waals surface area contributed by atoms with Crippen molar-refractivity contribution in [3.63, 3.8) is 0 Å². The number of aliphatic hydroxyl groups is 1. The van der Waals surface area contributed by atoms with E-state index in [1.807, 2.05) is 6.92 Å². The van der Waals surface area contributed by atoms with Gasteiger partial charge in [-0.05, 0) is 31.0 Å². The minimum atomic E-state index is -0.615. The Kier molecular flexibility index (Phi) is 2.98. The van der Waals surface area contributed by atoms with E-state index in [2.05, 4.69) is 0 Å². The molecular weight excluding hydrogens is 180 g/mol. The van der Waals surface area contributed by atoms with E-state index in [1.165, 1.54) is 6.07 Å². The average Bonchev–Trinajstić information content (AvgIpc) is 2.09. The second-order valence-corrected chi connectivity index (χ2v) is 3.66. The number of aliphatic hydroxyl groups excluding tert-OH is 1. The summed E-state index contributed by atoms with van der Waals surface area (Å²) < 4.78 is 0. The maximum absolute atomic E-state index is 9.22. The molecular formula is C10H16N2O2. The van der Waals surface area contributed by atoms with Crippen molar-refractivity contribution in [2.45, 2.75) is 18.9 Å². The zero-order valence-corrected chi connectivity index (χ0v) is 8.20. The SMILES string of the molecule is CC(N)(CCO)c1ccc(O)c(N)c1. The lowest BCUT2D eigenvalue weighted by Crippen LogP contribution is -2.34. The first-order valence-electron chi connectivity index (χ1n) is 4.46. The lowest BCUT2D eigenvalue weighted by atomic mass is 9.90. The molecule has 0 spiro atoms. The van der Waals surface area contributed by atoms with Gasteiger partial charge in [-0.2, -0.15) is 0 Å². The highest BCUT2D eigenvalue weighted by atomic mass is 16.3. The lowest BCUT2D eigenvalue weighted by molar-refractivity contribution is 0.247. The maximum atomic E-state index is 9.22. The van der Waals surface area contributed by atoms with E-state index >= 15 is 0 Å². The van der Waals surface area contributed by atoms with Crippen molar-refractivity contribution >= 4 is 5.69 Å². The smallest absolute Gasteiger partial charge is 0.138 e. The Morgan fingerprint density at radius 3 is 2.57 bits per heavy atom. The van der Waals surface area contributed by atoms with Gasteiger partial charge >= 0.3 is 0 Å². The van der Waals surface area contributed by atoms with Crippen molar-refractivity contribution in [3.05, 3.63) is 23.8 Å². The van der Waals surface area contributed by atoms with Crippen molar-refractivity contribution in [1.82, 2.24) is 0 Å². The highest BCUT2D eigenvalue weighted by molar-refractivity contribution is 5.54. The summed E-state index contributed by atoms with van der Waals surface area (Å²) in [7, 11) is 0. The summed E-state index contributed by atoms with van der Waals surface area (Å²) >= 11 is 0. The van der Waals surface area contributed by atoms with Gasteiger partial charge in [0, 0.05) is 12.1 Å². The van der Waals surface area contributed by atoms with Crippen LogP contribution >= 0.6 is 0 Å². The van der Waals surface area contributed by atoms with Crippen LogP contribution in [0.1, 0.15) is 18.9 Å². The Morgan fingerprint density at radius 1 is 1.43 bits per heavy atom. The number of hydrogen-bond donors (Lipinski definition) is 4. The van der Waals surface area contributed by atoms with Gasteiger partial charge in [0.1, 0.15) is 5.75 Å². The molecule has 0 radical (unpaired) electrons. The van der Waals surface area contributed by atoms with Crippen LogP contribution in [0.2, 0.25) is 0 Å². The predicted molar refractivity (Wildman–Crippen MR) is 55.8 cm³/mol. The molecule has 0 aliphatic rings. The Morgan fingerprint density at radius 2 is 2.07 bits per heavy atom. The molecule has 0 bridgehead atoms. The Labute approximate surface area is 83.2 Å². The highest BCUT2D eigenvalue weighted by Gasteiger charge is 2.20. The molecule has 0 saturated carbocycles. The average molecular weight is 196 g/mol. The number of aromatic hydroxyl groups is 1. The van der Waals surface area contributed by atoms with Gasteiger partial charge in [0.15, 0.2) is 0 Å². The number of nitrogens with two attached hydrogens (primary N) is 2. The zero-order valence-electron chi connectivity index (χ0n) is 8.20. The molecule has 0 aliphatic carbocycles. The van der Waals surface area contributed by atoms with E-state index in [9.17, 15) is 5.11 Å². The summed E-state index contributed by atoms with van der Waals surface area (Å²) in [5.41, 5.74) is 12.0. The molecule has 0 heterocycles. The summed E-state index contributed by atoms with van der Waals surface area (Å²) in [6, 6.07) is 4.85. The van der Waals surface area contributed by atoms with Crippen molar-refractivity contribution in [3.8, 4) is 5.75 Å². The fraction of sp³-hybridized carbons (Fsp3) is 0.400. The summed E-state index contributed by atoms with van der Waals surface area (Å²) in [5, 5.41) is 18.1. The quantitative estimate of drug-likeness (QED) is 0.419. The Bertz CT molecular complexity index is 324. The van der Waals surface area contributed by atoms with E-state index in [0.29, 0.717) is 12.1 Å². The largest absolute Gasteiger partial charge is 0.506 e. The third-order valence-electron chi connectivity index (χ3n) is 2.32. The molecule has 4 nitrogen and oxygen atoms in total. The first-order chi connectivity index (χ1) is 6.47. The zero-order chi connectivity index (χ0) is 10.8. The van der Waals surface area contributed by atoms with E-state index in [1.54, 1.807) is 12.1 Å². The van der Waals surface area contributed by atoms with Crippen LogP contribution < -0.4 is 11.5 Å². The molecule has 78 valence electrons. The fourth-order valence-electron chi connectivity index (χ4n) is 1.29. The Hall–Kier alpha value is -1.26. The van der Waals surface area contributed by atoms with E-state index in [4.69, 9.17) is 16.6 Å². The minimum absolute atomic E-state index is 0.0216. The molecule has 0 amide bonds. The highest BCUT2D eigenvalue weighted by Crippen LogP contribution is 2.27. The molecule has 1 unspecified atom stereocenters. The molecule has 6 N–H and O–H groups in total. The van der Waals surface area contributed by atoms with Gasteiger partial charge in [-0.15, -0.1) is 0 Å². The third kappa shape index (κ3) is 2.16. The number of hydrogen-bond acceptors (Lipinski definition) is 4. The molecule has 1 atom stereocenters. The molecule has 1 rings (SSSR count). The first-order valence-corrected chi connectivity index (χ1v) is 4.46. The topological polar surface area (TPSA) is 92.5 Å². The van der Waals surface area contributed by atoms with Crippen LogP contribution in [0.5, 0.6) is 5.75 Å². The molecule has 4 heteroatoms. The van der Waals surface area contributed by atoms with E-state index in [0.717, 1.165) is 5.56 Å². The molecule has 1 aromatic rings. The molecule has 14 heavy (non-hydrogen) atoms.